The number of benzene rings is 1. The maximum atomic E-state index is 11.9. The van der Waals surface area contributed by atoms with Crippen LogP contribution < -0.4 is 10.9 Å². The largest absolute Gasteiger partial charge is 0.325 e. The number of aromatic nitrogens is 5. The van der Waals surface area contributed by atoms with E-state index in [1.54, 1.807) is 0 Å². The molecule has 22 heavy (non-hydrogen) atoms. The molecule has 0 spiro atoms. The fourth-order valence-electron chi connectivity index (χ4n) is 1.84. The van der Waals surface area contributed by atoms with Gasteiger partial charge in [-0.1, -0.05) is 23.9 Å². The molecule has 1 aromatic carbocycles. The van der Waals surface area contributed by atoms with E-state index in [-0.39, 0.29) is 23.0 Å². The second kappa shape index (κ2) is 5.98. The van der Waals surface area contributed by atoms with Gasteiger partial charge in [0.05, 0.1) is 5.75 Å². The fourth-order valence-corrected chi connectivity index (χ4v) is 2.53. The van der Waals surface area contributed by atoms with Crippen LogP contribution in [-0.4, -0.2) is 36.5 Å². The van der Waals surface area contributed by atoms with E-state index in [0.717, 1.165) is 17.4 Å². The highest BCUT2D eigenvalue weighted by Crippen LogP contribution is 2.15. The molecule has 0 aliphatic carbocycles. The molecule has 8 nitrogen and oxygen atoms in total. The van der Waals surface area contributed by atoms with Crippen LogP contribution in [0.25, 0.3) is 5.78 Å². The van der Waals surface area contributed by atoms with E-state index < -0.39 is 0 Å². The summed E-state index contributed by atoms with van der Waals surface area (Å²) in [5.41, 5.74) is 1.47. The Labute approximate surface area is 129 Å². The Bertz CT molecular complexity index is 887. The molecule has 3 rings (SSSR count). The minimum absolute atomic E-state index is 0.156. The standard InChI is InChI=1S/C13H12N6O2S/c1-8-3-2-4-9(5-8)15-11(21)7-22-13-18-17-12-16-10(20)6-14-19(12)13/h2-6H,7H2,1H3,(H,15,21)(H,16,17,20). The minimum Gasteiger partial charge on any atom is -0.325 e. The normalized spacial score (nSPS) is 10.8. The summed E-state index contributed by atoms with van der Waals surface area (Å²) < 4.78 is 1.38. The Morgan fingerprint density at radius 1 is 1.41 bits per heavy atom. The van der Waals surface area contributed by atoms with Crippen molar-refractivity contribution in [3.63, 3.8) is 0 Å². The summed E-state index contributed by atoms with van der Waals surface area (Å²) in [6.07, 6.45) is 1.13. The van der Waals surface area contributed by atoms with Crippen LogP contribution in [0.5, 0.6) is 0 Å². The number of carbonyl (C=O) groups is 1. The van der Waals surface area contributed by atoms with Crippen molar-refractivity contribution in [3.8, 4) is 0 Å². The molecule has 0 fully saturated rings. The molecule has 0 radical (unpaired) electrons. The van der Waals surface area contributed by atoms with Gasteiger partial charge in [-0.25, -0.2) is 0 Å². The van der Waals surface area contributed by atoms with Gasteiger partial charge in [0.15, 0.2) is 0 Å². The molecular weight excluding hydrogens is 304 g/mol. The smallest absolute Gasteiger partial charge is 0.271 e. The van der Waals surface area contributed by atoms with Gasteiger partial charge in [0, 0.05) is 5.69 Å². The lowest BCUT2D eigenvalue weighted by atomic mass is 10.2. The third kappa shape index (κ3) is 3.14. The summed E-state index contributed by atoms with van der Waals surface area (Å²) >= 11 is 1.19. The molecule has 2 heterocycles. The van der Waals surface area contributed by atoms with E-state index in [9.17, 15) is 9.59 Å². The van der Waals surface area contributed by atoms with Crippen LogP contribution in [0.3, 0.4) is 0 Å². The highest BCUT2D eigenvalue weighted by Gasteiger charge is 2.10. The number of nitrogens with one attached hydrogen (secondary N) is 2. The molecule has 0 saturated carbocycles. The number of fused-ring (bicyclic) bond motifs is 1. The van der Waals surface area contributed by atoms with Crippen LogP contribution in [0, 0.1) is 6.92 Å². The Balaban J connectivity index is 1.66. The maximum Gasteiger partial charge on any atom is 0.271 e. The average molecular weight is 316 g/mol. The average Bonchev–Trinajstić information content (AvgIpc) is 2.87. The number of hydrogen-bond acceptors (Lipinski definition) is 6. The van der Waals surface area contributed by atoms with E-state index >= 15 is 0 Å². The van der Waals surface area contributed by atoms with Gasteiger partial charge in [0.2, 0.25) is 11.1 Å². The number of thioether (sulfide) groups is 1. The van der Waals surface area contributed by atoms with Crippen molar-refractivity contribution in [2.24, 2.45) is 0 Å². The summed E-state index contributed by atoms with van der Waals surface area (Å²) in [4.78, 5) is 25.6. The van der Waals surface area contributed by atoms with Crippen LogP contribution in [0.4, 0.5) is 5.69 Å². The Morgan fingerprint density at radius 3 is 3.09 bits per heavy atom. The molecule has 0 unspecified atom stereocenters. The summed E-state index contributed by atoms with van der Waals surface area (Å²) in [6, 6.07) is 7.55. The van der Waals surface area contributed by atoms with Gasteiger partial charge in [-0.3, -0.25) is 14.6 Å². The third-order valence-corrected chi connectivity index (χ3v) is 3.69. The van der Waals surface area contributed by atoms with Crippen molar-refractivity contribution >= 4 is 29.1 Å². The summed E-state index contributed by atoms with van der Waals surface area (Å²) in [7, 11) is 0. The van der Waals surface area contributed by atoms with Crippen molar-refractivity contribution in [2.75, 3.05) is 11.1 Å². The lowest BCUT2D eigenvalue weighted by Gasteiger charge is -2.05. The highest BCUT2D eigenvalue weighted by molar-refractivity contribution is 7.99. The Morgan fingerprint density at radius 2 is 2.27 bits per heavy atom. The second-order valence-electron chi connectivity index (χ2n) is 4.56. The van der Waals surface area contributed by atoms with E-state index in [1.807, 2.05) is 31.2 Å². The van der Waals surface area contributed by atoms with Crippen molar-refractivity contribution in [1.82, 2.24) is 24.8 Å². The van der Waals surface area contributed by atoms with Crippen molar-refractivity contribution in [1.29, 1.82) is 0 Å². The number of carbonyl (C=O) groups excluding carboxylic acids is 1. The quantitative estimate of drug-likeness (QED) is 0.691. The number of aromatic amines is 1. The van der Waals surface area contributed by atoms with Crippen LogP contribution in [0.15, 0.2) is 40.4 Å². The number of nitrogens with zero attached hydrogens (tertiary/aromatic N) is 4. The second-order valence-corrected chi connectivity index (χ2v) is 5.50. The molecule has 9 heteroatoms. The van der Waals surface area contributed by atoms with Crippen LogP contribution in [0.1, 0.15) is 5.56 Å². The Hall–Kier alpha value is -2.68. The lowest BCUT2D eigenvalue weighted by Crippen LogP contribution is -2.14. The summed E-state index contributed by atoms with van der Waals surface area (Å²) in [6.45, 7) is 1.96. The molecule has 2 aromatic heterocycles. The monoisotopic (exact) mass is 316 g/mol. The molecule has 0 atom stereocenters. The Kier molecular flexibility index (Phi) is 3.88. The third-order valence-electron chi connectivity index (χ3n) is 2.77. The number of hydrogen-bond donors (Lipinski definition) is 2. The molecular formula is C13H12N6O2S. The van der Waals surface area contributed by atoms with Crippen molar-refractivity contribution < 1.29 is 4.79 Å². The molecule has 3 aromatic rings. The molecule has 0 aliphatic rings. The van der Waals surface area contributed by atoms with Crippen LogP contribution >= 0.6 is 11.8 Å². The summed E-state index contributed by atoms with van der Waals surface area (Å²) in [5.74, 6) is 0.251. The van der Waals surface area contributed by atoms with E-state index in [2.05, 4.69) is 25.6 Å². The lowest BCUT2D eigenvalue weighted by molar-refractivity contribution is -0.113. The number of amides is 1. The van der Waals surface area contributed by atoms with E-state index in [0.29, 0.717) is 5.16 Å². The zero-order valence-corrected chi connectivity index (χ0v) is 12.4. The zero-order chi connectivity index (χ0) is 15.5. The van der Waals surface area contributed by atoms with Gasteiger partial charge in [0.1, 0.15) is 6.20 Å². The fraction of sp³-hybridized carbons (Fsp3) is 0.154. The first-order valence-electron chi connectivity index (χ1n) is 6.42. The SMILES string of the molecule is Cc1cccc(NC(=O)CSc2nnc3[nH]c(=O)cnn23)c1. The van der Waals surface area contributed by atoms with Gasteiger partial charge in [0.25, 0.3) is 11.3 Å². The highest BCUT2D eigenvalue weighted by atomic mass is 32.2. The topological polar surface area (TPSA) is 105 Å². The molecule has 1 amide bonds. The number of anilines is 1. The van der Waals surface area contributed by atoms with E-state index in [4.69, 9.17) is 0 Å². The van der Waals surface area contributed by atoms with Gasteiger partial charge < -0.3 is 5.32 Å². The van der Waals surface area contributed by atoms with Crippen molar-refractivity contribution in [2.45, 2.75) is 12.1 Å². The molecule has 0 aliphatic heterocycles. The number of rotatable bonds is 4. The van der Waals surface area contributed by atoms with Gasteiger partial charge in [-0.15, -0.1) is 10.2 Å². The maximum absolute atomic E-state index is 11.9. The van der Waals surface area contributed by atoms with Gasteiger partial charge in [-0.05, 0) is 24.6 Å². The summed E-state index contributed by atoms with van der Waals surface area (Å²) in [5, 5.41) is 14.8. The number of aryl methyl sites for hydroxylation is 1. The molecule has 0 saturated heterocycles. The first-order valence-corrected chi connectivity index (χ1v) is 7.40. The molecule has 2 N–H and O–H groups in total. The molecule has 0 bridgehead atoms. The number of H-pyrrole nitrogens is 1. The van der Waals surface area contributed by atoms with Crippen LogP contribution in [-0.2, 0) is 4.79 Å². The first kappa shape index (κ1) is 14.3. The predicted octanol–water partition coefficient (Wildman–Crippen LogP) is 0.852. The first-order chi connectivity index (χ1) is 10.6. The minimum atomic E-state index is -0.353. The van der Waals surface area contributed by atoms with Gasteiger partial charge in [-0.2, -0.15) is 9.61 Å². The van der Waals surface area contributed by atoms with E-state index in [1.165, 1.54) is 16.3 Å². The van der Waals surface area contributed by atoms with Crippen molar-refractivity contribution in [3.05, 3.63) is 46.4 Å². The van der Waals surface area contributed by atoms with Gasteiger partial charge >= 0.3 is 0 Å². The molecule has 112 valence electrons. The predicted molar refractivity (Wildman–Crippen MR) is 81.9 cm³/mol. The zero-order valence-electron chi connectivity index (χ0n) is 11.6. The van der Waals surface area contributed by atoms with Crippen LogP contribution in [0.2, 0.25) is 0 Å².